The molecule has 1 amide bonds. The Labute approximate surface area is 107 Å². The Balaban J connectivity index is 2.26. The molecule has 1 aromatic carbocycles. The topological polar surface area (TPSA) is 99.2 Å². The molecule has 98 valence electrons. The first kappa shape index (κ1) is 14.2. The van der Waals surface area contributed by atoms with Crippen molar-refractivity contribution in [3.8, 4) is 0 Å². The first-order chi connectivity index (χ1) is 8.61. The fourth-order valence-electron chi connectivity index (χ4n) is 1.54. The lowest BCUT2D eigenvalue weighted by Crippen LogP contribution is -2.30. The molecule has 5 heteroatoms. The number of nitrogens with one attached hydrogen (secondary N) is 2. The zero-order chi connectivity index (χ0) is 13.4. The summed E-state index contributed by atoms with van der Waals surface area (Å²) in [7, 11) is 0. The fourth-order valence-corrected chi connectivity index (χ4v) is 1.54. The van der Waals surface area contributed by atoms with Crippen LogP contribution in [0.2, 0.25) is 0 Å². The normalized spacial score (nSPS) is 11.8. The van der Waals surface area contributed by atoms with Gasteiger partial charge < -0.3 is 16.2 Å². The monoisotopic (exact) mass is 249 g/mol. The van der Waals surface area contributed by atoms with Crippen molar-refractivity contribution in [2.24, 2.45) is 5.73 Å². The van der Waals surface area contributed by atoms with Crippen molar-refractivity contribution in [2.45, 2.75) is 25.4 Å². The summed E-state index contributed by atoms with van der Waals surface area (Å²) in [5, 5.41) is 19.5. The van der Waals surface area contributed by atoms with Crippen LogP contribution in [0.25, 0.3) is 0 Å². The summed E-state index contributed by atoms with van der Waals surface area (Å²) >= 11 is 0. The van der Waals surface area contributed by atoms with Crippen LogP contribution < -0.4 is 11.1 Å². The van der Waals surface area contributed by atoms with E-state index in [4.69, 9.17) is 11.1 Å². The SMILES string of the molecule is N=C(N)CCCCNC(=O)[C@H](O)c1ccccc1. The lowest BCUT2D eigenvalue weighted by molar-refractivity contribution is -0.129. The third-order valence-electron chi connectivity index (χ3n) is 2.54. The van der Waals surface area contributed by atoms with Crippen molar-refractivity contribution in [2.75, 3.05) is 6.54 Å². The van der Waals surface area contributed by atoms with Crippen LogP contribution in [0.4, 0.5) is 0 Å². The summed E-state index contributed by atoms with van der Waals surface area (Å²) in [4.78, 5) is 11.6. The average Bonchev–Trinajstić information content (AvgIpc) is 2.38. The van der Waals surface area contributed by atoms with Gasteiger partial charge in [-0.05, 0) is 18.4 Å². The number of aliphatic hydroxyl groups excluding tert-OH is 1. The fraction of sp³-hybridized carbons (Fsp3) is 0.385. The Morgan fingerprint density at radius 1 is 1.33 bits per heavy atom. The molecule has 18 heavy (non-hydrogen) atoms. The van der Waals surface area contributed by atoms with E-state index >= 15 is 0 Å². The molecule has 0 saturated carbocycles. The van der Waals surface area contributed by atoms with Crippen LogP contribution in [0.5, 0.6) is 0 Å². The van der Waals surface area contributed by atoms with Crippen molar-refractivity contribution in [3.63, 3.8) is 0 Å². The maximum absolute atomic E-state index is 11.6. The van der Waals surface area contributed by atoms with Crippen LogP contribution in [-0.2, 0) is 4.79 Å². The van der Waals surface area contributed by atoms with Crippen LogP contribution in [0.1, 0.15) is 30.9 Å². The van der Waals surface area contributed by atoms with Crippen LogP contribution >= 0.6 is 0 Å². The molecule has 0 aromatic heterocycles. The number of hydrogen-bond acceptors (Lipinski definition) is 3. The predicted molar refractivity (Wildman–Crippen MR) is 70.2 cm³/mol. The van der Waals surface area contributed by atoms with Crippen LogP contribution in [-0.4, -0.2) is 23.4 Å². The number of aliphatic hydroxyl groups is 1. The zero-order valence-corrected chi connectivity index (χ0v) is 10.2. The van der Waals surface area contributed by atoms with Gasteiger partial charge in [0.05, 0.1) is 5.84 Å². The first-order valence-corrected chi connectivity index (χ1v) is 5.95. The molecule has 0 saturated heterocycles. The van der Waals surface area contributed by atoms with E-state index in [1.807, 2.05) is 6.07 Å². The van der Waals surface area contributed by atoms with Gasteiger partial charge in [-0.2, -0.15) is 0 Å². The van der Waals surface area contributed by atoms with E-state index in [0.717, 1.165) is 12.8 Å². The van der Waals surface area contributed by atoms with E-state index in [1.54, 1.807) is 24.3 Å². The Morgan fingerprint density at radius 3 is 2.61 bits per heavy atom. The highest BCUT2D eigenvalue weighted by Gasteiger charge is 2.15. The van der Waals surface area contributed by atoms with Gasteiger partial charge in [0, 0.05) is 13.0 Å². The van der Waals surface area contributed by atoms with Gasteiger partial charge >= 0.3 is 0 Å². The maximum atomic E-state index is 11.6. The van der Waals surface area contributed by atoms with E-state index in [-0.39, 0.29) is 5.84 Å². The minimum absolute atomic E-state index is 0.158. The van der Waals surface area contributed by atoms with Gasteiger partial charge in [-0.1, -0.05) is 30.3 Å². The van der Waals surface area contributed by atoms with Gasteiger partial charge in [0.15, 0.2) is 6.10 Å². The molecular weight excluding hydrogens is 230 g/mol. The molecule has 0 aliphatic heterocycles. The summed E-state index contributed by atoms with van der Waals surface area (Å²) in [5.41, 5.74) is 5.80. The highest BCUT2D eigenvalue weighted by Crippen LogP contribution is 2.11. The van der Waals surface area contributed by atoms with Gasteiger partial charge in [-0.25, -0.2) is 0 Å². The Kier molecular flexibility index (Phi) is 5.87. The molecule has 0 unspecified atom stereocenters. The third kappa shape index (κ3) is 4.97. The number of carbonyl (C=O) groups excluding carboxylic acids is 1. The molecule has 0 aliphatic carbocycles. The van der Waals surface area contributed by atoms with E-state index in [9.17, 15) is 9.90 Å². The maximum Gasteiger partial charge on any atom is 0.253 e. The van der Waals surface area contributed by atoms with Crippen LogP contribution in [0.3, 0.4) is 0 Å². The van der Waals surface area contributed by atoms with Gasteiger partial charge in [0.25, 0.3) is 5.91 Å². The summed E-state index contributed by atoms with van der Waals surface area (Å²) < 4.78 is 0. The molecule has 0 radical (unpaired) electrons. The number of nitrogens with two attached hydrogens (primary N) is 1. The highest BCUT2D eigenvalue weighted by atomic mass is 16.3. The Hall–Kier alpha value is -1.88. The molecule has 5 nitrogen and oxygen atoms in total. The number of hydrogen-bond donors (Lipinski definition) is 4. The molecule has 0 fully saturated rings. The van der Waals surface area contributed by atoms with Gasteiger partial charge in [0.2, 0.25) is 0 Å². The zero-order valence-electron chi connectivity index (χ0n) is 10.2. The molecule has 0 heterocycles. The molecule has 0 bridgehead atoms. The summed E-state index contributed by atoms with van der Waals surface area (Å²) in [6.07, 6.45) is 0.917. The van der Waals surface area contributed by atoms with E-state index in [1.165, 1.54) is 0 Å². The van der Waals surface area contributed by atoms with Gasteiger partial charge in [-0.15, -0.1) is 0 Å². The second-order valence-corrected chi connectivity index (χ2v) is 4.09. The number of rotatable bonds is 7. The lowest BCUT2D eigenvalue weighted by Gasteiger charge is -2.11. The molecule has 0 aliphatic rings. The average molecular weight is 249 g/mol. The first-order valence-electron chi connectivity index (χ1n) is 5.95. The van der Waals surface area contributed by atoms with Crippen molar-refractivity contribution >= 4 is 11.7 Å². The van der Waals surface area contributed by atoms with E-state index < -0.39 is 12.0 Å². The van der Waals surface area contributed by atoms with Crippen molar-refractivity contribution in [1.82, 2.24) is 5.32 Å². The van der Waals surface area contributed by atoms with Crippen molar-refractivity contribution in [1.29, 1.82) is 5.41 Å². The molecule has 1 atom stereocenters. The molecule has 0 spiro atoms. The van der Waals surface area contributed by atoms with E-state index in [2.05, 4.69) is 5.32 Å². The van der Waals surface area contributed by atoms with Crippen LogP contribution in [0.15, 0.2) is 30.3 Å². The number of benzene rings is 1. The summed E-state index contributed by atoms with van der Waals surface area (Å²) in [5.74, 6) is -0.241. The summed E-state index contributed by atoms with van der Waals surface area (Å²) in [6.45, 7) is 0.482. The van der Waals surface area contributed by atoms with Gasteiger partial charge in [-0.3, -0.25) is 10.2 Å². The molecule has 5 N–H and O–H groups in total. The minimum Gasteiger partial charge on any atom is -0.388 e. The van der Waals surface area contributed by atoms with Crippen LogP contribution in [0, 0.1) is 5.41 Å². The number of amidine groups is 1. The van der Waals surface area contributed by atoms with E-state index in [0.29, 0.717) is 18.5 Å². The number of unbranched alkanes of at least 4 members (excludes halogenated alkanes) is 1. The number of carbonyl (C=O) groups is 1. The second kappa shape index (κ2) is 7.45. The largest absolute Gasteiger partial charge is 0.388 e. The van der Waals surface area contributed by atoms with Crippen molar-refractivity contribution in [3.05, 3.63) is 35.9 Å². The lowest BCUT2D eigenvalue weighted by atomic mass is 10.1. The Bertz CT molecular complexity index is 392. The molecule has 1 rings (SSSR count). The third-order valence-corrected chi connectivity index (χ3v) is 2.54. The predicted octanol–water partition coefficient (Wildman–Crippen LogP) is 0.942. The number of amides is 1. The smallest absolute Gasteiger partial charge is 0.253 e. The quantitative estimate of drug-likeness (QED) is 0.329. The minimum atomic E-state index is -1.13. The Morgan fingerprint density at radius 2 is 2.00 bits per heavy atom. The molecule has 1 aromatic rings. The highest BCUT2D eigenvalue weighted by molar-refractivity contribution is 5.81. The molecular formula is C13H19N3O2. The standard InChI is InChI=1S/C13H19N3O2/c14-11(15)8-4-5-9-16-13(18)12(17)10-6-2-1-3-7-10/h1-3,6-7,12,17H,4-5,8-9H2,(H3,14,15)(H,16,18)/t12-/m1/s1. The van der Waals surface area contributed by atoms with Gasteiger partial charge in [0.1, 0.15) is 0 Å². The van der Waals surface area contributed by atoms with Crippen molar-refractivity contribution < 1.29 is 9.90 Å². The second-order valence-electron chi connectivity index (χ2n) is 4.09. The summed E-state index contributed by atoms with van der Waals surface area (Å²) in [6, 6.07) is 8.80.